The summed E-state index contributed by atoms with van der Waals surface area (Å²) in [6, 6.07) is 53.6. The molecule has 0 unspecified atom stereocenters. The van der Waals surface area contributed by atoms with Gasteiger partial charge in [0.2, 0.25) is 5.95 Å². The standard InChI is InChI=1S/C57H38N4S2/c1-5-14-35(31-58-4)33-24-27-41-46(30-33)61(52-48(41)39-18-8-9-19-40(39)54-50(52)42-20-11-13-22-47(42)62-54)56-59-51(34-25-26-38-37-17-10-12-21-44(37)57(2,3)45(38)29-34)49-43-28-23-32-15-6-7-16-36(32)53(43)63-55(49)60-56/h5-31H,1H2,2-4H3/b35-14+,58-31?. The summed E-state index contributed by atoms with van der Waals surface area (Å²) < 4.78 is 6.12. The van der Waals surface area contributed by atoms with Crippen molar-refractivity contribution in [3.63, 3.8) is 0 Å². The van der Waals surface area contributed by atoms with Crippen molar-refractivity contribution in [2.24, 2.45) is 4.99 Å². The van der Waals surface area contributed by atoms with Crippen LogP contribution in [0.4, 0.5) is 0 Å². The average molecular weight is 843 g/mol. The minimum atomic E-state index is -0.168. The largest absolute Gasteiger partial charge is 0.296 e. The lowest BCUT2D eigenvalue weighted by atomic mass is 9.82. The van der Waals surface area contributed by atoms with Crippen LogP contribution in [0, 0.1) is 0 Å². The van der Waals surface area contributed by atoms with Gasteiger partial charge in [0.25, 0.3) is 0 Å². The van der Waals surface area contributed by atoms with E-state index in [-0.39, 0.29) is 5.41 Å². The number of allylic oxidation sites excluding steroid dienone is 3. The van der Waals surface area contributed by atoms with E-state index >= 15 is 0 Å². The lowest BCUT2D eigenvalue weighted by molar-refractivity contribution is 0.660. The van der Waals surface area contributed by atoms with Crippen molar-refractivity contribution in [2.45, 2.75) is 19.3 Å². The molecule has 0 spiro atoms. The van der Waals surface area contributed by atoms with Crippen LogP contribution in [0.5, 0.6) is 0 Å². The first kappa shape index (κ1) is 36.4. The van der Waals surface area contributed by atoms with Crippen LogP contribution in [-0.4, -0.2) is 27.8 Å². The van der Waals surface area contributed by atoms with Crippen LogP contribution < -0.4 is 0 Å². The van der Waals surface area contributed by atoms with Crippen molar-refractivity contribution in [1.82, 2.24) is 14.5 Å². The maximum atomic E-state index is 5.84. The number of nitrogens with zero attached hydrogens (tertiary/aromatic N) is 4. The summed E-state index contributed by atoms with van der Waals surface area (Å²) in [5, 5.41) is 12.0. The summed E-state index contributed by atoms with van der Waals surface area (Å²) >= 11 is 3.63. The molecule has 1 aliphatic carbocycles. The van der Waals surface area contributed by atoms with Gasteiger partial charge in [-0.25, -0.2) is 9.97 Å². The number of aromatic nitrogens is 3. The number of fused-ring (bicyclic) bond motifs is 18. The van der Waals surface area contributed by atoms with Gasteiger partial charge in [-0.2, -0.15) is 0 Å². The van der Waals surface area contributed by atoms with Crippen molar-refractivity contribution in [3.05, 3.63) is 181 Å². The second-order valence-electron chi connectivity index (χ2n) is 17.1. The molecule has 0 fully saturated rings. The van der Waals surface area contributed by atoms with Crippen molar-refractivity contribution in [3.8, 4) is 28.3 Å². The van der Waals surface area contributed by atoms with Gasteiger partial charge < -0.3 is 0 Å². The third-order valence-corrected chi connectivity index (χ3v) is 15.7. The molecule has 298 valence electrons. The predicted molar refractivity (Wildman–Crippen MR) is 273 cm³/mol. The van der Waals surface area contributed by atoms with E-state index < -0.39 is 0 Å². The third-order valence-electron chi connectivity index (χ3n) is 13.4. The Morgan fingerprint density at radius 1 is 0.635 bits per heavy atom. The minimum Gasteiger partial charge on any atom is -0.296 e. The molecule has 6 heteroatoms. The molecule has 8 aromatic carbocycles. The van der Waals surface area contributed by atoms with Crippen LogP contribution in [0.1, 0.15) is 30.5 Å². The molecule has 63 heavy (non-hydrogen) atoms. The van der Waals surface area contributed by atoms with Gasteiger partial charge in [-0.15, -0.1) is 22.7 Å². The average Bonchev–Trinajstić information content (AvgIpc) is 4.05. The molecule has 1 aliphatic rings. The van der Waals surface area contributed by atoms with Gasteiger partial charge in [-0.1, -0.05) is 160 Å². The van der Waals surface area contributed by atoms with E-state index in [1.807, 2.05) is 36.8 Å². The number of hydrogen-bond donors (Lipinski definition) is 0. The maximum absolute atomic E-state index is 5.84. The van der Waals surface area contributed by atoms with Crippen LogP contribution in [-0.2, 0) is 5.41 Å². The Morgan fingerprint density at radius 3 is 2.24 bits per heavy atom. The van der Waals surface area contributed by atoms with Gasteiger partial charge in [0.1, 0.15) is 4.83 Å². The van der Waals surface area contributed by atoms with Crippen LogP contribution in [0.25, 0.3) is 118 Å². The maximum Gasteiger partial charge on any atom is 0.236 e. The van der Waals surface area contributed by atoms with Crippen LogP contribution in [0.2, 0.25) is 0 Å². The second kappa shape index (κ2) is 13.4. The minimum absolute atomic E-state index is 0.168. The van der Waals surface area contributed by atoms with Crippen LogP contribution in [0.15, 0.2) is 169 Å². The van der Waals surface area contributed by atoms with Gasteiger partial charge in [0.05, 0.1) is 16.7 Å². The van der Waals surface area contributed by atoms with Gasteiger partial charge in [0.15, 0.2) is 0 Å². The first-order chi connectivity index (χ1) is 30.9. The first-order valence-corrected chi connectivity index (χ1v) is 23.0. The summed E-state index contributed by atoms with van der Waals surface area (Å²) in [6.45, 7) is 8.75. The summed E-state index contributed by atoms with van der Waals surface area (Å²) in [6.07, 6.45) is 5.76. The van der Waals surface area contributed by atoms with Gasteiger partial charge >= 0.3 is 0 Å². The Bertz CT molecular complexity index is 4040. The molecule has 13 rings (SSSR count). The zero-order valence-electron chi connectivity index (χ0n) is 34.9. The van der Waals surface area contributed by atoms with Crippen molar-refractivity contribution < 1.29 is 0 Å². The van der Waals surface area contributed by atoms with Gasteiger partial charge in [-0.05, 0) is 67.7 Å². The highest BCUT2D eigenvalue weighted by Crippen LogP contribution is 2.52. The molecule has 0 bridgehead atoms. The molecule has 0 amide bonds. The molecule has 0 aliphatic heterocycles. The van der Waals surface area contributed by atoms with E-state index in [4.69, 9.17) is 9.97 Å². The Morgan fingerprint density at radius 2 is 1.38 bits per heavy atom. The Hall–Kier alpha value is -7.25. The highest BCUT2D eigenvalue weighted by atomic mass is 32.1. The normalized spacial score (nSPS) is 13.9. The highest BCUT2D eigenvalue weighted by Gasteiger charge is 2.36. The number of benzene rings is 8. The molecule has 0 saturated carbocycles. The zero-order chi connectivity index (χ0) is 42.1. The summed E-state index contributed by atoms with van der Waals surface area (Å²) in [4.78, 5) is 16.9. The van der Waals surface area contributed by atoms with Crippen molar-refractivity contribution >= 4 is 118 Å². The Labute approximate surface area is 371 Å². The molecular weight excluding hydrogens is 805 g/mol. The molecule has 0 radical (unpaired) electrons. The smallest absolute Gasteiger partial charge is 0.236 e. The lowest BCUT2D eigenvalue weighted by Gasteiger charge is -2.22. The van der Waals surface area contributed by atoms with E-state index in [0.29, 0.717) is 5.95 Å². The van der Waals surface area contributed by atoms with E-state index in [1.165, 1.54) is 79.4 Å². The molecule has 0 N–H and O–H groups in total. The number of hydrogen-bond acceptors (Lipinski definition) is 5. The zero-order valence-corrected chi connectivity index (χ0v) is 36.5. The number of thiophene rings is 2. The number of aliphatic imine (C=N–C) groups is 1. The van der Waals surface area contributed by atoms with Crippen molar-refractivity contribution in [1.29, 1.82) is 0 Å². The number of rotatable bonds is 5. The lowest BCUT2D eigenvalue weighted by Crippen LogP contribution is -2.15. The monoisotopic (exact) mass is 842 g/mol. The van der Waals surface area contributed by atoms with Crippen molar-refractivity contribution in [2.75, 3.05) is 7.05 Å². The predicted octanol–water partition coefficient (Wildman–Crippen LogP) is 15.9. The summed E-state index contributed by atoms with van der Waals surface area (Å²) in [5.41, 5.74) is 11.3. The highest BCUT2D eigenvalue weighted by molar-refractivity contribution is 7.27. The van der Waals surface area contributed by atoms with E-state index in [9.17, 15) is 0 Å². The molecule has 0 saturated heterocycles. The fraction of sp³-hybridized carbons (Fsp3) is 0.0702. The van der Waals surface area contributed by atoms with Crippen LogP contribution >= 0.6 is 22.7 Å². The van der Waals surface area contributed by atoms with Gasteiger partial charge in [0, 0.05) is 76.0 Å². The first-order valence-electron chi connectivity index (χ1n) is 21.4. The molecule has 4 heterocycles. The quantitative estimate of drug-likeness (QED) is 0.128. The Balaban J connectivity index is 1.22. The van der Waals surface area contributed by atoms with E-state index in [1.54, 1.807) is 11.3 Å². The SMILES string of the molecule is C=C/C=C(\C=NC)c1ccc2c3c4ccccc4c4sc5ccccc5c4c3n(-c3nc(-c4ccc5c(c4)C(C)(C)c4ccccc4-5)c4c(n3)sc3c5ccccc5ccc34)c2c1. The fourth-order valence-electron chi connectivity index (χ4n) is 10.6. The van der Waals surface area contributed by atoms with Gasteiger partial charge in [-0.3, -0.25) is 9.56 Å². The third kappa shape index (κ3) is 5.05. The molecular formula is C57H38N4S2. The molecule has 0 atom stereocenters. The topological polar surface area (TPSA) is 43.1 Å². The Kier molecular flexibility index (Phi) is 7.73. The fourth-order valence-corrected chi connectivity index (χ4v) is 13.0. The van der Waals surface area contributed by atoms with E-state index in [2.05, 4.69) is 176 Å². The second-order valence-corrected chi connectivity index (χ2v) is 19.2. The van der Waals surface area contributed by atoms with E-state index in [0.717, 1.165) is 49.0 Å². The summed E-state index contributed by atoms with van der Waals surface area (Å²) in [7, 11) is 1.81. The summed E-state index contributed by atoms with van der Waals surface area (Å²) in [5.74, 6) is 0.652. The van der Waals surface area contributed by atoms with Crippen LogP contribution in [0.3, 0.4) is 0 Å². The molecule has 4 nitrogen and oxygen atoms in total. The molecule has 12 aromatic rings. The molecule has 4 aromatic heterocycles.